The number of methoxy groups -OCH3 is 1. The zero-order valence-electron chi connectivity index (χ0n) is 28.4. The molecule has 0 saturated carbocycles. The van der Waals surface area contributed by atoms with Gasteiger partial charge in [0.25, 0.3) is 12.9 Å². The molecule has 10 nitrogen and oxygen atoms in total. The number of hydrogen-bond donors (Lipinski definition) is 3. The van der Waals surface area contributed by atoms with Crippen LogP contribution in [0.5, 0.6) is 11.5 Å². The molecule has 0 saturated heterocycles. The molecule has 5 N–H and O–H groups in total. The van der Waals surface area contributed by atoms with Gasteiger partial charge in [0.15, 0.2) is 0 Å². The highest BCUT2D eigenvalue weighted by atomic mass is 79.9. The molecule has 3 rings (SSSR count). The predicted octanol–water partition coefficient (Wildman–Crippen LogP) is 8.23. The number of carbonyl (C=O) groups excluding carboxylic acids is 1. The van der Waals surface area contributed by atoms with Crippen LogP contribution in [0.3, 0.4) is 0 Å². The number of aromatic nitrogens is 3. The Balaban J connectivity index is 0.000000377. The zero-order valence-corrected chi connectivity index (χ0v) is 30.0. The Morgan fingerprint density at radius 2 is 1.46 bits per heavy atom. The first kappa shape index (κ1) is 42.5. The summed E-state index contributed by atoms with van der Waals surface area (Å²) in [7, 11) is 1.20. The SMILES string of the molecule is CC(C)C[C@@](N)(CF)COc1cnc(Br)cc1C(F)F.COC(=O)Nc1cc(-c2ccc(OC[C@](N)(CF)CC(C)C)c(C(F)F)n2)ccn1. The molecule has 17 heteroatoms. The highest BCUT2D eigenvalue weighted by Crippen LogP contribution is 2.33. The van der Waals surface area contributed by atoms with E-state index in [2.05, 4.69) is 40.9 Å². The van der Waals surface area contributed by atoms with E-state index in [0.29, 0.717) is 18.4 Å². The zero-order chi connectivity index (χ0) is 37.6. The average molecular weight is 782 g/mol. The normalized spacial score (nSPS) is 13.8. The van der Waals surface area contributed by atoms with Gasteiger partial charge in [-0.25, -0.2) is 46.1 Å². The molecule has 0 radical (unpaired) electrons. The summed E-state index contributed by atoms with van der Waals surface area (Å²) in [5.74, 6) is 0.225. The largest absolute Gasteiger partial charge is 0.489 e. The first-order valence-electron chi connectivity index (χ1n) is 15.4. The number of nitrogens with two attached hydrogens (primary N) is 2. The van der Waals surface area contributed by atoms with Crippen LogP contribution in [0.4, 0.5) is 37.0 Å². The van der Waals surface area contributed by atoms with Crippen molar-refractivity contribution in [3.8, 4) is 22.8 Å². The van der Waals surface area contributed by atoms with E-state index in [1.54, 1.807) is 6.07 Å². The fourth-order valence-electron chi connectivity index (χ4n) is 4.81. The standard InChI is InChI=1S/C20H25F3N4O3.C13H18BrF3N2O/c1-12(2)9-20(24,10-21)11-30-15-5-4-14(26-17(15)18(22)23)13-6-7-25-16(8-13)27-19(28)29-3;1-8(2)4-13(18,6-15)7-20-10-5-19-11(14)3-9(10)12(16)17/h4-8,12,18H,9-11,24H2,1-3H3,(H,25,27,28);3,5,8,12H,4,6-7,18H2,1-2H3/t20-;13-/m11/s1. The molecular weight excluding hydrogens is 738 g/mol. The summed E-state index contributed by atoms with van der Waals surface area (Å²) in [6.45, 7) is 5.53. The first-order chi connectivity index (χ1) is 23.4. The quantitative estimate of drug-likeness (QED) is 0.0966. The van der Waals surface area contributed by atoms with Crippen molar-refractivity contribution >= 4 is 27.8 Å². The van der Waals surface area contributed by atoms with E-state index in [0.717, 1.165) is 0 Å². The number of nitrogens with zero attached hydrogens (tertiary/aromatic N) is 3. The second kappa shape index (κ2) is 19.6. The minimum atomic E-state index is -2.92. The molecular formula is C33H43BrF6N6O4. The minimum Gasteiger partial charge on any atom is -0.489 e. The molecule has 0 aromatic carbocycles. The Labute approximate surface area is 295 Å². The van der Waals surface area contributed by atoms with Crippen LogP contribution >= 0.6 is 15.9 Å². The number of anilines is 1. The summed E-state index contributed by atoms with van der Waals surface area (Å²) < 4.78 is 94.9. The second-order valence-corrected chi connectivity index (χ2v) is 13.4. The molecule has 1 amide bonds. The van der Waals surface area contributed by atoms with Gasteiger partial charge in [-0.15, -0.1) is 0 Å². The maximum Gasteiger partial charge on any atom is 0.412 e. The summed E-state index contributed by atoms with van der Waals surface area (Å²) in [6.07, 6.45) is -3.03. The monoisotopic (exact) mass is 780 g/mol. The Morgan fingerprint density at radius 1 is 0.880 bits per heavy atom. The van der Waals surface area contributed by atoms with Gasteiger partial charge in [-0.3, -0.25) is 5.32 Å². The molecule has 3 aromatic heterocycles. The van der Waals surface area contributed by atoms with Crippen LogP contribution < -0.4 is 26.3 Å². The van der Waals surface area contributed by atoms with Gasteiger partial charge in [0, 0.05) is 11.8 Å². The second-order valence-electron chi connectivity index (χ2n) is 12.5. The van der Waals surface area contributed by atoms with Gasteiger partial charge in [0.05, 0.1) is 35.6 Å². The van der Waals surface area contributed by atoms with Gasteiger partial charge < -0.3 is 25.7 Å². The van der Waals surface area contributed by atoms with Crippen molar-refractivity contribution in [1.82, 2.24) is 15.0 Å². The van der Waals surface area contributed by atoms with Crippen molar-refractivity contribution in [1.29, 1.82) is 0 Å². The molecule has 0 fully saturated rings. The molecule has 3 aromatic rings. The first-order valence-corrected chi connectivity index (χ1v) is 16.2. The maximum absolute atomic E-state index is 13.6. The summed E-state index contributed by atoms with van der Waals surface area (Å²) in [4.78, 5) is 23.1. The molecule has 2 atom stereocenters. The lowest BCUT2D eigenvalue weighted by atomic mass is 9.92. The lowest BCUT2D eigenvalue weighted by molar-refractivity contribution is 0.127. The van der Waals surface area contributed by atoms with Crippen LogP contribution in [0.1, 0.15) is 64.6 Å². The Kier molecular flexibility index (Phi) is 16.7. The van der Waals surface area contributed by atoms with E-state index in [-0.39, 0.29) is 58.2 Å². The number of rotatable bonds is 16. The maximum atomic E-state index is 13.6. The van der Waals surface area contributed by atoms with E-state index in [9.17, 15) is 31.1 Å². The highest BCUT2D eigenvalue weighted by Gasteiger charge is 2.30. The van der Waals surface area contributed by atoms with Gasteiger partial charge in [0.1, 0.15) is 54.2 Å². The predicted molar refractivity (Wildman–Crippen MR) is 181 cm³/mol. The van der Waals surface area contributed by atoms with Crippen LogP contribution in [0.25, 0.3) is 11.3 Å². The van der Waals surface area contributed by atoms with E-state index in [4.69, 9.17) is 20.9 Å². The Bertz CT molecular complexity index is 1530. The van der Waals surface area contributed by atoms with Crippen molar-refractivity contribution in [2.45, 2.75) is 64.5 Å². The van der Waals surface area contributed by atoms with Crippen LogP contribution in [0.15, 0.2) is 47.3 Å². The lowest BCUT2D eigenvalue weighted by Crippen LogP contribution is -2.49. The third-order valence-electron chi connectivity index (χ3n) is 6.86. The number of alkyl halides is 6. The van der Waals surface area contributed by atoms with Crippen molar-refractivity contribution in [3.63, 3.8) is 0 Å². The molecule has 0 aliphatic rings. The Morgan fingerprint density at radius 3 is 1.96 bits per heavy atom. The third-order valence-corrected chi connectivity index (χ3v) is 7.29. The molecule has 0 spiro atoms. The summed E-state index contributed by atoms with van der Waals surface area (Å²) >= 11 is 3.02. The van der Waals surface area contributed by atoms with Gasteiger partial charge in [-0.05, 0) is 70.9 Å². The van der Waals surface area contributed by atoms with E-state index in [1.165, 1.54) is 43.8 Å². The van der Waals surface area contributed by atoms with Crippen molar-refractivity contribution in [2.24, 2.45) is 23.3 Å². The number of nitrogens with one attached hydrogen (secondary N) is 1. The molecule has 0 aliphatic carbocycles. The minimum absolute atomic E-state index is 0.0739. The van der Waals surface area contributed by atoms with Crippen LogP contribution in [0, 0.1) is 11.8 Å². The number of halogens is 7. The summed E-state index contributed by atoms with van der Waals surface area (Å²) in [5, 5.41) is 2.39. The fourth-order valence-corrected chi connectivity index (χ4v) is 5.16. The smallest absolute Gasteiger partial charge is 0.412 e. The Hall–Kier alpha value is -3.70. The third kappa shape index (κ3) is 13.5. The number of pyridine rings is 3. The molecule has 3 heterocycles. The van der Waals surface area contributed by atoms with Gasteiger partial charge in [0.2, 0.25) is 0 Å². The van der Waals surface area contributed by atoms with E-state index >= 15 is 0 Å². The highest BCUT2D eigenvalue weighted by molar-refractivity contribution is 9.10. The summed E-state index contributed by atoms with van der Waals surface area (Å²) in [5.41, 5.74) is 9.22. The van der Waals surface area contributed by atoms with Crippen LogP contribution in [-0.2, 0) is 4.74 Å². The van der Waals surface area contributed by atoms with Gasteiger partial charge in [-0.1, -0.05) is 27.7 Å². The molecule has 0 bridgehead atoms. The lowest BCUT2D eigenvalue weighted by Gasteiger charge is -2.28. The number of amides is 1. The average Bonchev–Trinajstić information content (AvgIpc) is 3.06. The topological polar surface area (TPSA) is 148 Å². The number of hydrogen-bond acceptors (Lipinski definition) is 9. The molecule has 0 aliphatic heterocycles. The van der Waals surface area contributed by atoms with Crippen LogP contribution in [0.2, 0.25) is 0 Å². The van der Waals surface area contributed by atoms with Crippen molar-refractivity contribution in [2.75, 3.05) is 39.0 Å². The molecule has 50 heavy (non-hydrogen) atoms. The van der Waals surface area contributed by atoms with E-state index < -0.39 is 49.1 Å². The van der Waals surface area contributed by atoms with Crippen molar-refractivity contribution < 1.29 is 45.3 Å². The van der Waals surface area contributed by atoms with Crippen LogP contribution in [-0.4, -0.2) is 65.8 Å². The fraction of sp³-hybridized carbons (Fsp3) is 0.515. The van der Waals surface area contributed by atoms with Gasteiger partial charge >= 0.3 is 6.09 Å². The van der Waals surface area contributed by atoms with Crippen molar-refractivity contribution in [3.05, 3.63) is 58.6 Å². The molecule has 0 unspecified atom stereocenters. The number of carbonyl (C=O) groups is 1. The van der Waals surface area contributed by atoms with E-state index in [1.807, 2.05) is 27.7 Å². The van der Waals surface area contributed by atoms with Gasteiger partial charge in [-0.2, -0.15) is 0 Å². The number of ether oxygens (including phenoxy) is 3. The summed E-state index contributed by atoms with van der Waals surface area (Å²) in [6, 6.07) is 7.01. The molecule has 278 valence electrons.